The third kappa shape index (κ3) is 2.56. The number of primary amides is 1. The zero-order valence-electron chi connectivity index (χ0n) is 10.7. The summed E-state index contributed by atoms with van der Waals surface area (Å²) in [4.78, 5) is 13.3. The van der Waals surface area contributed by atoms with E-state index in [9.17, 15) is 4.79 Å². The molecular formula is C13H19N3O2. The van der Waals surface area contributed by atoms with Crippen LogP contribution in [0.2, 0.25) is 0 Å². The van der Waals surface area contributed by atoms with Crippen molar-refractivity contribution in [3.63, 3.8) is 0 Å². The van der Waals surface area contributed by atoms with Gasteiger partial charge in [-0.3, -0.25) is 4.79 Å². The lowest BCUT2D eigenvalue weighted by Crippen LogP contribution is -2.45. The van der Waals surface area contributed by atoms with Gasteiger partial charge in [-0.2, -0.15) is 0 Å². The lowest BCUT2D eigenvalue weighted by Gasteiger charge is -2.37. The number of anilines is 2. The number of rotatable bonds is 2. The van der Waals surface area contributed by atoms with E-state index in [0.717, 1.165) is 18.8 Å². The van der Waals surface area contributed by atoms with Crippen LogP contribution in [0.1, 0.15) is 24.2 Å². The molecule has 18 heavy (non-hydrogen) atoms. The van der Waals surface area contributed by atoms with E-state index in [2.05, 4.69) is 4.90 Å². The minimum Gasteiger partial charge on any atom is -0.397 e. The highest BCUT2D eigenvalue weighted by atomic mass is 16.5. The van der Waals surface area contributed by atoms with Crippen LogP contribution in [-0.2, 0) is 4.74 Å². The number of nitrogens with zero attached hydrogens (tertiary/aromatic N) is 1. The zero-order chi connectivity index (χ0) is 13.3. The predicted octanol–water partition coefficient (Wildman–Crippen LogP) is 0.981. The average molecular weight is 249 g/mol. The van der Waals surface area contributed by atoms with Gasteiger partial charge < -0.3 is 21.1 Å². The second-order valence-electron chi connectivity index (χ2n) is 4.80. The van der Waals surface area contributed by atoms with Gasteiger partial charge >= 0.3 is 0 Å². The summed E-state index contributed by atoms with van der Waals surface area (Å²) in [6.45, 7) is 5.67. The fourth-order valence-corrected chi connectivity index (χ4v) is 2.37. The first kappa shape index (κ1) is 12.7. The number of carbonyl (C=O) groups is 1. The van der Waals surface area contributed by atoms with E-state index < -0.39 is 5.91 Å². The molecule has 2 atom stereocenters. The summed E-state index contributed by atoms with van der Waals surface area (Å²) in [6.07, 6.45) is 0.341. The monoisotopic (exact) mass is 249 g/mol. The van der Waals surface area contributed by atoms with Crippen LogP contribution in [0, 0.1) is 0 Å². The Bertz CT molecular complexity index is 452. The molecule has 0 aliphatic carbocycles. The van der Waals surface area contributed by atoms with Gasteiger partial charge in [0.1, 0.15) is 0 Å². The van der Waals surface area contributed by atoms with Gasteiger partial charge in [-0.05, 0) is 32.0 Å². The van der Waals surface area contributed by atoms with Crippen LogP contribution in [0.4, 0.5) is 11.4 Å². The third-order valence-electron chi connectivity index (χ3n) is 3.07. The minimum atomic E-state index is -0.461. The van der Waals surface area contributed by atoms with Crippen LogP contribution < -0.4 is 16.4 Å². The molecule has 5 heteroatoms. The number of amides is 1. The van der Waals surface area contributed by atoms with Crippen LogP contribution in [-0.4, -0.2) is 31.2 Å². The first-order valence-electron chi connectivity index (χ1n) is 6.07. The minimum absolute atomic E-state index is 0.170. The van der Waals surface area contributed by atoms with Gasteiger partial charge in [0.25, 0.3) is 0 Å². The number of hydrogen-bond donors (Lipinski definition) is 2. The molecule has 4 N–H and O–H groups in total. The first-order chi connectivity index (χ1) is 8.47. The Morgan fingerprint density at radius 2 is 1.94 bits per heavy atom. The van der Waals surface area contributed by atoms with E-state index >= 15 is 0 Å². The van der Waals surface area contributed by atoms with E-state index in [1.807, 2.05) is 19.9 Å². The Balaban J connectivity index is 2.25. The Hall–Kier alpha value is -1.75. The maximum absolute atomic E-state index is 11.1. The van der Waals surface area contributed by atoms with E-state index in [4.69, 9.17) is 16.2 Å². The van der Waals surface area contributed by atoms with Gasteiger partial charge in [0.2, 0.25) is 5.91 Å². The average Bonchev–Trinajstić information content (AvgIpc) is 2.27. The number of ether oxygens (including phenoxy) is 1. The van der Waals surface area contributed by atoms with E-state index in [1.54, 1.807) is 12.1 Å². The molecule has 0 spiro atoms. The molecule has 1 saturated heterocycles. The van der Waals surface area contributed by atoms with Crippen LogP contribution in [0.15, 0.2) is 18.2 Å². The topological polar surface area (TPSA) is 81.6 Å². The Kier molecular flexibility index (Phi) is 3.43. The molecule has 98 valence electrons. The summed E-state index contributed by atoms with van der Waals surface area (Å²) < 4.78 is 5.68. The highest BCUT2D eigenvalue weighted by Gasteiger charge is 2.23. The van der Waals surface area contributed by atoms with E-state index in [-0.39, 0.29) is 12.2 Å². The summed E-state index contributed by atoms with van der Waals surface area (Å²) in [6, 6.07) is 5.18. The summed E-state index contributed by atoms with van der Waals surface area (Å²) in [5, 5.41) is 0. The Morgan fingerprint density at radius 1 is 1.33 bits per heavy atom. The Morgan fingerprint density at radius 3 is 2.44 bits per heavy atom. The van der Waals surface area contributed by atoms with Crippen LogP contribution in [0.3, 0.4) is 0 Å². The summed E-state index contributed by atoms with van der Waals surface area (Å²) in [5.41, 5.74) is 13.2. The number of carbonyl (C=O) groups excluding carboxylic acids is 1. The zero-order valence-corrected chi connectivity index (χ0v) is 10.7. The molecule has 1 aliphatic rings. The molecule has 0 aromatic heterocycles. The molecule has 1 amide bonds. The van der Waals surface area contributed by atoms with Crippen molar-refractivity contribution in [1.29, 1.82) is 0 Å². The fraction of sp³-hybridized carbons (Fsp3) is 0.462. The summed E-state index contributed by atoms with van der Waals surface area (Å²) in [5.74, 6) is -0.461. The molecule has 1 aliphatic heterocycles. The lowest BCUT2D eigenvalue weighted by atomic mass is 10.1. The normalized spacial score (nSPS) is 24.0. The van der Waals surface area contributed by atoms with Crippen molar-refractivity contribution in [3.8, 4) is 0 Å². The Labute approximate surface area is 107 Å². The molecule has 2 unspecified atom stereocenters. The standard InChI is InChI=1S/C13H19N3O2/c1-8-6-16(7-9(2)18-8)12-4-3-10(13(15)17)5-11(12)14/h3-5,8-9H,6-7,14H2,1-2H3,(H2,15,17). The third-order valence-corrected chi connectivity index (χ3v) is 3.07. The van der Waals surface area contributed by atoms with E-state index in [0.29, 0.717) is 11.3 Å². The highest BCUT2D eigenvalue weighted by Crippen LogP contribution is 2.27. The van der Waals surface area contributed by atoms with Gasteiger partial charge in [-0.15, -0.1) is 0 Å². The van der Waals surface area contributed by atoms with Crippen molar-refractivity contribution in [1.82, 2.24) is 0 Å². The van der Waals surface area contributed by atoms with Gasteiger partial charge in [-0.25, -0.2) is 0 Å². The van der Waals surface area contributed by atoms with Crippen LogP contribution >= 0.6 is 0 Å². The summed E-state index contributed by atoms with van der Waals surface area (Å²) >= 11 is 0. The fourth-order valence-electron chi connectivity index (χ4n) is 2.37. The predicted molar refractivity (Wildman–Crippen MR) is 71.6 cm³/mol. The molecule has 1 heterocycles. The number of nitrogen functional groups attached to an aromatic ring is 1. The highest BCUT2D eigenvalue weighted by molar-refractivity contribution is 5.94. The smallest absolute Gasteiger partial charge is 0.248 e. The van der Waals surface area contributed by atoms with Crippen molar-refractivity contribution in [2.45, 2.75) is 26.1 Å². The van der Waals surface area contributed by atoms with Gasteiger partial charge in [0, 0.05) is 18.7 Å². The number of nitrogens with two attached hydrogens (primary N) is 2. The van der Waals surface area contributed by atoms with Crippen molar-refractivity contribution >= 4 is 17.3 Å². The van der Waals surface area contributed by atoms with Crippen molar-refractivity contribution in [2.24, 2.45) is 5.73 Å². The van der Waals surface area contributed by atoms with Gasteiger partial charge in [0.05, 0.1) is 23.6 Å². The van der Waals surface area contributed by atoms with Crippen molar-refractivity contribution in [2.75, 3.05) is 23.7 Å². The molecule has 0 bridgehead atoms. The van der Waals surface area contributed by atoms with Gasteiger partial charge in [-0.1, -0.05) is 0 Å². The molecule has 1 aromatic carbocycles. The van der Waals surface area contributed by atoms with Crippen LogP contribution in [0.5, 0.6) is 0 Å². The molecule has 0 radical (unpaired) electrons. The van der Waals surface area contributed by atoms with Crippen LogP contribution in [0.25, 0.3) is 0 Å². The van der Waals surface area contributed by atoms with E-state index in [1.165, 1.54) is 0 Å². The van der Waals surface area contributed by atoms with Crippen molar-refractivity contribution in [3.05, 3.63) is 23.8 Å². The number of morpholine rings is 1. The maximum Gasteiger partial charge on any atom is 0.248 e. The molecule has 5 nitrogen and oxygen atoms in total. The molecule has 1 aromatic rings. The number of benzene rings is 1. The quantitative estimate of drug-likeness (QED) is 0.765. The number of hydrogen-bond acceptors (Lipinski definition) is 4. The summed E-state index contributed by atoms with van der Waals surface area (Å²) in [7, 11) is 0. The van der Waals surface area contributed by atoms with Gasteiger partial charge in [0.15, 0.2) is 0 Å². The first-order valence-corrected chi connectivity index (χ1v) is 6.07. The second kappa shape index (κ2) is 4.86. The maximum atomic E-state index is 11.1. The SMILES string of the molecule is CC1CN(c2ccc(C(N)=O)cc2N)CC(C)O1. The molecule has 2 rings (SSSR count). The molecular weight excluding hydrogens is 230 g/mol. The lowest BCUT2D eigenvalue weighted by molar-refractivity contribution is -0.00517. The molecule has 0 saturated carbocycles. The molecule has 1 fully saturated rings. The van der Waals surface area contributed by atoms with Crippen molar-refractivity contribution < 1.29 is 9.53 Å². The second-order valence-corrected chi connectivity index (χ2v) is 4.80. The largest absolute Gasteiger partial charge is 0.397 e.